The normalized spacial score (nSPS) is 20.2. The fraction of sp³-hybridized carbons (Fsp3) is 0.600. The highest BCUT2D eigenvalue weighted by Gasteiger charge is 2.25. The van der Waals surface area contributed by atoms with Crippen molar-refractivity contribution < 1.29 is 9.47 Å². The average Bonchev–Trinajstić information content (AvgIpc) is 2.88. The van der Waals surface area contributed by atoms with E-state index in [2.05, 4.69) is 17.0 Å². The van der Waals surface area contributed by atoms with Crippen LogP contribution in [0.25, 0.3) is 0 Å². The average molecular weight is 249 g/mol. The van der Waals surface area contributed by atoms with Gasteiger partial charge < -0.3 is 9.47 Å². The Kier molecular flexibility index (Phi) is 5.02. The third kappa shape index (κ3) is 3.24. The van der Waals surface area contributed by atoms with Gasteiger partial charge in [0.1, 0.15) is 5.75 Å². The zero-order valence-electron chi connectivity index (χ0n) is 11.4. The molecule has 1 aromatic carbocycles. The van der Waals surface area contributed by atoms with Gasteiger partial charge in [0.05, 0.1) is 13.7 Å². The van der Waals surface area contributed by atoms with Crippen molar-refractivity contribution in [3.8, 4) is 5.75 Å². The summed E-state index contributed by atoms with van der Waals surface area (Å²) >= 11 is 0. The van der Waals surface area contributed by atoms with Gasteiger partial charge in [-0.3, -0.25) is 4.90 Å². The van der Waals surface area contributed by atoms with Crippen LogP contribution in [0.4, 0.5) is 0 Å². The lowest BCUT2D eigenvalue weighted by molar-refractivity contribution is 0.108. The number of benzene rings is 1. The zero-order chi connectivity index (χ0) is 12.8. The molecule has 0 bridgehead atoms. The molecule has 1 aliphatic heterocycles. The Labute approximate surface area is 110 Å². The van der Waals surface area contributed by atoms with Gasteiger partial charge in [0.2, 0.25) is 0 Å². The number of nitrogens with zero attached hydrogens (tertiary/aromatic N) is 1. The van der Waals surface area contributed by atoms with E-state index in [1.807, 2.05) is 19.1 Å². The molecule has 18 heavy (non-hydrogen) atoms. The van der Waals surface area contributed by atoms with Crippen LogP contribution < -0.4 is 4.74 Å². The largest absolute Gasteiger partial charge is 0.497 e. The highest BCUT2D eigenvalue weighted by atomic mass is 16.5. The molecule has 1 heterocycles. The van der Waals surface area contributed by atoms with E-state index in [1.165, 1.54) is 24.9 Å². The Morgan fingerprint density at radius 2 is 2.06 bits per heavy atom. The molecule has 0 radical (unpaired) electrons. The summed E-state index contributed by atoms with van der Waals surface area (Å²) in [6.45, 7) is 5.91. The fourth-order valence-electron chi connectivity index (χ4n) is 2.62. The topological polar surface area (TPSA) is 21.7 Å². The summed E-state index contributed by atoms with van der Waals surface area (Å²) in [6, 6.07) is 9.02. The van der Waals surface area contributed by atoms with Gasteiger partial charge in [-0.15, -0.1) is 0 Å². The van der Waals surface area contributed by atoms with Gasteiger partial charge in [-0.2, -0.15) is 0 Å². The van der Waals surface area contributed by atoms with Crippen LogP contribution in [0.3, 0.4) is 0 Å². The van der Waals surface area contributed by atoms with Crippen molar-refractivity contribution in [3.05, 3.63) is 29.8 Å². The number of ether oxygens (including phenoxy) is 2. The van der Waals surface area contributed by atoms with Crippen LogP contribution in [0, 0.1) is 0 Å². The van der Waals surface area contributed by atoms with Crippen LogP contribution in [0.2, 0.25) is 0 Å². The van der Waals surface area contributed by atoms with E-state index < -0.39 is 0 Å². The Morgan fingerprint density at radius 1 is 1.28 bits per heavy atom. The van der Waals surface area contributed by atoms with Gasteiger partial charge in [-0.25, -0.2) is 0 Å². The van der Waals surface area contributed by atoms with Crippen molar-refractivity contribution in [2.75, 3.05) is 33.4 Å². The van der Waals surface area contributed by atoms with Crippen LogP contribution >= 0.6 is 0 Å². The van der Waals surface area contributed by atoms with E-state index in [9.17, 15) is 0 Å². The van der Waals surface area contributed by atoms with Crippen LogP contribution in [0.5, 0.6) is 5.75 Å². The third-order valence-electron chi connectivity index (χ3n) is 3.59. The van der Waals surface area contributed by atoms with Crippen molar-refractivity contribution in [2.45, 2.75) is 25.8 Å². The second-order valence-electron chi connectivity index (χ2n) is 4.66. The number of likely N-dealkylation sites (tertiary alicyclic amines) is 1. The van der Waals surface area contributed by atoms with E-state index in [4.69, 9.17) is 9.47 Å². The number of rotatable bonds is 6. The summed E-state index contributed by atoms with van der Waals surface area (Å²) < 4.78 is 10.7. The summed E-state index contributed by atoms with van der Waals surface area (Å²) in [5.74, 6) is 0.928. The molecule has 0 aromatic heterocycles. The molecule has 0 saturated carbocycles. The van der Waals surface area contributed by atoms with Gasteiger partial charge in [0, 0.05) is 19.2 Å². The number of hydrogen-bond donors (Lipinski definition) is 0. The van der Waals surface area contributed by atoms with Crippen molar-refractivity contribution >= 4 is 0 Å². The molecule has 1 atom stereocenters. The fourth-order valence-corrected chi connectivity index (χ4v) is 2.62. The third-order valence-corrected chi connectivity index (χ3v) is 3.59. The van der Waals surface area contributed by atoms with Crippen molar-refractivity contribution in [3.63, 3.8) is 0 Å². The Morgan fingerprint density at radius 3 is 2.72 bits per heavy atom. The first kappa shape index (κ1) is 13.4. The lowest BCUT2D eigenvalue weighted by Crippen LogP contribution is -2.27. The number of hydrogen-bond acceptors (Lipinski definition) is 3. The molecule has 1 aliphatic rings. The molecule has 0 N–H and O–H groups in total. The molecular formula is C15H23NO2. The molecule has 1 saturated heterocycles. The first-order valence-electron chi connectivity index (χ1n) is 6.81. The number of methoxy groups -OCH3 is 1. The molecule has 2 rings (SSSR count). The standard InChI is InChI=1S/C15H23NO2/c1-3-18-12-11-16-10-4-5-15(16)13-6-8-14(17-2)9-7-13/h6-9,15H,3-5,10-12H2,1-2H3. The van der Waals surface area contributed by atoms with E-state index in [-0.39, 0.29) is 0 Å². The van der Waals surface area contributed by atoms with Crippen molar-refractivity contribution in [1.29, 1.82) is 0 Å². The molecule has 1 unspecified atom stereocenters. The highest BCUT2D eigenvalue weighted by Crippen LogP contribution is 2.32. The Bertz CT molecular complexity index is 350. The summed E-state index contributed by atoms with van der Waals surface area (Å²) in [4.78, 5) is 2.53. The summed E-state index contributed by atoms with van der Waals surface area (Å²) in [6.07, 6.45) is 2.53. The smallest absolute Gasteiger partial charge is 0.118 e. The molecule has 1 aromatic rings. The summed E-state index contributed by atoms with van der Waals surface area (Å²) in [7, 11) is 1.71. The maximum atomic E-state index is 5.45. The van der Waals surface area contributed by atoms with Gasteiger partial charge >= 0.3 is 0 Å². The summed E-state index contributed by atoms with van der Waals surface area (Å²) in [5.41, 5.74) is 1.39. The van der Waals surface area contributed by atoms with E-state index in [1.54, 1.807) is 7.11 Å². The second kappa shape index (κ2) is 6.76. The minimum absolute atomic E-state index is 0.552. The van der Waals surface area contributed by atoms with Crippen LogP contribution in [0.1, 0.15) is 31.4 Å². The monoisotopic (exact) mass is 249 g/mol. The van der Waals surface area contributed by atoms with Gasteiger partial charge in [0.15, 0.2) is 0 Å². The van der Waals surface area contributed by atoms with Gasteiger partial charge in [-0.1, -0.05) is 12.1 Å². The highest BCUT2D eigenvalue weighted by molar-refractivity contribution is 5.29. The maximum Gasteiger partial charge on any atom is 0.118 e. The lowest BCUT2D eigenvalue weighted by atomic mass is 10.0. The van der Waals surface area contributed by atoms with Crippen molar-refractivity contribution in [1.82, 2.24) is 4.90 Å². The molecule has 3 nitrogen and oxygen atoms in total. The first-order valence-corrected chi connectivity index (χ1v) is 6.81. The molecule has 0 aliphatic carbocycles. The maximum absolute atomic E-state index is 5.45. The molecule has 0 amide bonds. The molecular weight excluding hydrogens is 226 g/mol. The van der Waals surface area contributed by atoms with E-state index in [0.717, 1.165) is 25.5 Å². The van der Waals surface area contributed by atoms with Crippen molar-refractivity contribution in [2.24, 2.45) is 0 Å². The predicted octanol–water partition coefficient (Wildman–Crippen LogP) is 2.87. The zero-order valence-corrected chi connectivity index (χ0v) is 11.4. The molecule has 100 valence electrons. The Balaban J connectivity index is 1.96. The first-order chi connectivity index (χ1) is 8.85. The van der Waals surface area contributed by atoms with Crippen LogP contribution in [-0.4, -0.2) is 38.3 Å². The summed E-state index contributed by atoms with van der Waals surface area (Å²) in [5, 5.41) is 0. The Hall–Kier alpha value is -1.06. The minimum atomic E-state index is 0.552. The van der Waals surface area contributed by atoms with E-state index in [0.29, 0.717) is 6.04 Å². The molecule has 0 spiro atoms. The van der Waals surface area contributed by atoms with Crippen LogP contribution in [-0.2, 0) is 4.74 Å². The second-order valence-corrected chi connectivity index (χ2v) is 4.66. The van der Waals surface area contributed by atoms with Gasteiger partial charge in [-0.05, 0) is 44.0 Å². The van der Waals surface area contributed by atoms with E-state index >= 15 is 0 Å². The quantitative estimate of drug-likeness (QED) is 0.724. The molecule has 1 fully saturated rings. The van der Waals surface area contributed by atoms with Crippen LogP contribution in [0.15, 0.2) is 24.3 Å². The SMILES string of the molecule is CCOCCN1CCCC1c1ccc(OC)cc1. The van der Waals surface area contributed by atoms with Gasteiger partial charge in [0.25, 0.3) is 0 Å². The molecule has 3 heteroatoms. The lowest BCUT2D eigenvalue weighted by Gasteiger charge is -2.24. The minimum Gasteiger partial charge on any atom is -0.497 e. The predicted molar refractivity (Wildman–Crippen MR) is 73.0 cm³/mol.